The minimum Gasteiger partial charge on any atom is -0.490 e. The number of hydrazine groups is 1. The van der Waals surface area contributed by atoms with Gasteiger partial charge in [0.15, 0.2) is 15.8 Å². The summed E-state index contributed by atoms with van der Waals surface area (Å²) in [4.78, 5) is 26.0. The van der Waals surface area contributed by atoms with Gasteiger partial charge in [0, 0.05) is 10.6 Å². The van der Waals surface area contributed by atoms with Crippen molar-refractivity contribution in [3.05, 3.63) is 98.9 Å². The van der Waals surface area contributed by atoms with Crippen molar-refractivity contribution in [1.82, 2.24) is 10.4 Å². The van der Waals surface area contributed by atoms with Gasteiger partial charge in [-0.25, -0.2) is 0 Å². The Labute approximate surface area is 243 Å². The van der Waals surface area contributed by atoms with Gasteiger partial charge in [0.1, 0.15) is 6.61 Å². The number of ether oxygens (including phenoxy) is 2. The first-order valence-electron chi connectivity index (χ1n) is 12.4. The molecule has 1 aliphatic rings. The second kappa shape index (κ2) is 12.2. The average molecular weight is 581 g/mol. The maximum absolute atomic E-state index is 13.0. The molecule has 0 bridgehead atoms. The summed E-state index contributed by atoms with van der Waals surface area (Å²) >= 11 is 12.4. The fourth-order valence-corrected chi connectivity index (χ4v) is 5.15. The number of nitrogens with one attached hydrogen (secondary N) is 1. The Morgan fingerprint density at radius 3 is 2.46 bits per heavy atom. The molecule has 202 valence electrons. The van der Waals surface area contributed by atoms with Gasteiger partial charge in [-0.1, -0.05) is 80.5 Å². The van der Waals surface area contributed by atoms with Gasteiger partial charge in [0.2, 0.25) is 0 Å². The van der Waals surface area contributed by atoms with Crippen molar-refractivity contribution >= 4 is 57.8 Å². The van der Waals surface area contributed by atoms with E-state index in [0.29, 0.717) is 40.2 Å². The minimum atomic E-state index is -0.483. The Morgan fingerprint density at radius 1 is 1.05 bits per heavy atom. The third-order valence-electron chi connectivity index (χ3n) is 5.87. The molecule has 3 aromatic rings. The van der Waals surface area contributed by atoms with Crippen molar-refractivity contribution in [1.29, 1.82) is 0 Å². The molecule has 0 unspecified atom stereocenters. The topological polar surface area (TPSA) is 67.9 Å². The number of amides is 2. The lowest BCUT2D eigenvalue weighted by Gasteiger charge is -2.19. The zero-order valence-corrected chi connectivity index (χ0v) is 24.5. The van der Waals surface area contributed by atoms with Crippen LogP contribution in [-0.2, 0) is 16.8 Å². The fraction of sp³-hybridized carbons (Fsp3) is 0.233. The molecule has 0 atom stereocenters. The van der Waals surface area contributed by atoms with E-state index >= 15 is 0 Å². The number of nitrogens with zero attached hydrogens (tertiary/aromatic N) is 1. The van der Waals surface area contributed by atoms with E-state index < -0.39 is 11.8 Å². The van der Waals surface area contributed by atoms with E-state index in [4.69, 9.17) is 33.3 Å². The first-order valence-corrected chi connectivity index (χ1v) is 14.0. The molecule has 0 aliphatic carbocycles. The van der Waals surface area contributed by atoms with Gasteiger partial charge in [-0.15, -0.1) is 0 Å². The van der Waals surface area contributed by atoms with Crippen LogP contribution in [0.25, 0.3) is 6.08 Å². The summed E-state index contributed by atoms with van der Waals surface area (Å²) in [5, 5.41) is 1.49. The van der Waals surface area contributed by atoms with Crippen LogP contribution in [0, 0.1) is 0 Å². The molecule has 39 heavy (non-hydrogen) atoms. The standard InChI is InChI=1S/C30H29ClN2O4S2/c1-5-36-25-15-20(11-14-24(25)37-18-19-9-12-22(13-10-19)30(2,3)4)16-26-28(35)33(29(38)39-26)32-27(34)21-7-6-8-23(31)17-21/h6-17H,5,18H2,1-4H3,(H,32,34)/b26-16+. The van der Waals surface area contributed by atoms with Crippen LogP contribution in [0.3, 0.4) is 0 Å². The predicted molar refractivity (Wildman–Crippen MR) is 161 cm³/mol. The van der Waals surface area contributed by atoms with Crippen LogP contribution < -0.4 is 14.9 Å². The summed E-state index contributed by atoms with van der Waals surface area (Å²) in [5.41, 5.74) is 6.03. The lowest BCUT2D eigenvalue weighted by atomic mass is 9.87. The van der Waals surface area contributed by atoms with Gasteiger partial charge in [0.25, 0.3) is 11.8 Å². The van der Waals surface area contributed by atoms with E-state index in [1.807, 2.05) is 25.1 Å². The van der Waals surface area contributed by atoms with E-state index in [2.05, 4.69) is 50.5 Å². The molecule has 1 saturated heterocycles. The van der Waals surface area contributed by atoms with Crippen LogP contribution >= 0.6 is 35.6 Å². The quantitative estimate of drug-likeness (QED) is 0.225. The van der Waals surface area contributed by atoms with Crippen molar-refractivity contribution in [2.75, 3.05) is 6.61 Å². The molecule has 1 aliphatic heterocycles. The van der Waals surface area contributed by atoms with Crippen LogP contribution in [-0.4, -0.2) is 27.8 Å². The molecule has 3 aromatic carbocycles. The summed E-state index contributed by atoms with van der Waals surface area (Å²) < 4.78 is 12.1. The van der Waals surface area contributed by atoms with E-state index in [0.717, 1.165) is 27.9 Å². The van der Waals surface area contributed by atoms with Crippen molar-refractivity contribution in [3.8, 4) is 11.5 Å². The highest BCUT2D eigenvalue weighted by Crippen LogP contribution is 2.35. The molecular weight excluding hydrogens is 552 g/mol. The second-order valence-electron chi connectivity index (χ2n) is 9.84. The molecule has 1 fully saturated rings. The summed E-state index contributed by atoms with van der Waals surface area (Å²) in [6.07, 6.45) is 1.71. The molecule has 4 rings (SSSR count). The molecule has 0 aromatic heterocycles. The van der Waals surface area contributed by atoms with Crippen LogP contribution in [0.15, 0.2) is 71.6 Å². The molecule has 1 N–H and O–H groups in total. The van der Waals surface area contributed by atoms with Gasteiger partial charge in [-0.05, 0) is 77.7 Å². The maximum Gasteiger partial charge on any atom is 0.285 e. The van der Waals surface area contributed by atoms with Gasteiger partial charge < -0.3 is 9.47 Å². The van der Waals surface area contributed by atoms with E-state index in [9.17, 15) is 9.59 Å². The van der Waals surface area contributed by atoms with Gasteiger partial charge in [0.05, 0.1) is 11.5 Å². The van der Waals surface area contributed by atoms with Crippen molar-refractivity contribution in [3.63, 3.8) is 0 Å². The van der Waals surface area contributed by atoms with Crippen LogP contribution in [0.4, 0.5) is 0 Å². The lowest BCUT2D eigenvalue weighted by Crippen LogP contribution is -2.44. The number of halogens is 1. The first-order chi connectivity index (χ1) is 18.5. The van der Waals surface area contributed by atoms with Crippen molar-refractivity contribution < 1.29 is 19.1 Å². The summed E-state index contributed by atoms with van der Waals surface area (Å²) in [6.45, 7) is 9.30. The fourth-order valence-electron chi connectivity index (χ4n) is 3.78. The summed E-state index contributed by atoms with van der Waals surface area (Å²) in [6, 6.07) is 20.3. The summed E-state index contributed by atoms with van der Waals surface area (Å²) in [5.74, 6) is 0.276. The highest BCUT2D eigenvalue weighted by molar-refractivity contribution is 8.26. The number of carbonyl (C=O) groups is 2. The monoisotopic (exact) mass is 580 g/mol. The second-order valence-corrected chi connectivity index (χ2v) is 12.0. The van der Waals surface area contributed by atoms with Gasteiger partial charge in [-0.3, -0.25) is 15.0 Å². The van der Waals surface area contributed by atoms with Crippen molar-refractivity contribution in [2.24, 2.45) is 0 Å². The number of rotatable bonds is 8. The Bertz CT molecular complexity index is 1430. The number of thioether (sulfide) groups is 1. The number of hydrogen-bond acceptors (Lipinski definition) is 6. The van der Waals surface area contributed by atoms with Crippen LogP contribution in [0.2, 0.25) is 5.02 Å². The SMILES string of the molecule is CCOc1cc(/C=C2/SC(=S)N(NC(=O)c3cccc(Cl)c3)C2=O)ccc1OCc1ccc(C(C)(C)C)cc1. The molecule has 0 radical (unpaired) electrons. The highest BCUT2D eigenvalue weighted by atomic mass is 35.5. The summed E-state index contributed by atoms with van der Waals surface area (Å²) in [7, 11) is 0. The Morgan fingerprint density at radius 2 is 1.79 bits per heavy atom. The third-order valence-corrected chi connectivity index (χ3v) is 7.41. The Balaban J connectivity index is 1.46. The third kappa shape index (κ3) is 7.20. The Hall–Kier alpha value is -3.33. The largest absolute Gasteiger partial charge is 0.490 e. The molecule has 9 heteroatoms. The van der Waals surface area contributed by atoms with E-state index in [-0.39, 0.29) is 9.74 Å². The molecule has 0 spiro atoms. The maximum atomic E-state index is 13.0. The molecule has 2 amide bonds. The highest BCUT2D eigenvalue weighted by Gasteiger charge is 2.34. The van der Waals surface area contributed by atoms with Gasteiger partial charge in [-0.2, -0.15) is 5.01 Å². The number of benzene rings is 3. The smallest absolute Gasteiger partial charge is 0.285 e. The average Bonchev–Trinajstić information content (AvgIpc) is 3.15. The van der Waals surface area contributed by atoms with Crippen molar-refractivity contribution in [2.45, 2.75) is 39.7 Å². The predicted octanol–water partition coefficient (Wildman–Crippen LogP) is 7.16. The lowest BCUT2D eigenvalue weighted by molar-refractivity contribution is -0.123. The Kier molecular flexibility index (Phi) is 9.00. The molecule has 1 heterocycles. The van der Waals surface area contributed by atoms with Crippen LogP contribution in [0.5, 0.6) is 11.5 Å². The molecular formula is C30H29ClN2O4S2. The molecule has 6 nitrogen and oxygen atoms in total. The molecule has 0 saturated carbocycles. The zero-order chi connectivity index (χ0) is 28.2. The number of carbonyl (C=O) groups excluding carboxylic acids is 2. The van der Waals surface area contributed by atoms with Crippen LogP contribution in [0.1, 0.15) is 54.7 Å². The first kappa shape index (κ1) is 28.7. The number of thiocarbonyl (C=S) groups is 1. The normalized spacial score (nSPS) is 14.6. The zero-order valence-electron chi connectivity index (χ0n) is 22.1. The minimum absolute atomic E-state index is 0.0907. The van der Waals surface area contributed by atoms with E-state index in [1.165, 1.54) is 11.6 Å². The number of hydrogen-bond donors (Lipinski definition) is 1. The van der Waals surface area contributed by atoms with Gasteiger partial charge >= 0.3 is 0 Å². The van der Waals surface area contributed by atoms with E-state index in [1.54, 1.807) is 24.3 Å².